The standard InChI is InChI=1S/C10H14N2O2/c1-2-3-7-14-12-10(13)9-5-4-6-11-8-9/h4-6,8H,2-3,7H2,1H3,(H,12,13). The number of rotatable bonds is 5. The number of hydrogen-bond acceptors (Lipinski definition) is 3. The lowest BCUT2D eigenvalue weighted by Crippen LogP contribution is -2.24. The summed E-state index contributed by atoms with van der Waals surface area (Å²) in [6.07, 6.45) is 5.10. The molecule has 0 aliphatic carbocycles. The highest BCUT2D eigenvalue weighted by atomic mass is 16.6. The molecular weight excluding hydrogens is 180 g/mol. The predicted octanol–water partition coefficient (Wildman–Crippen LogP) is 1.54. The molecule has 1 heterocycles. The quantitative estimate of drug-likeness (QED) is 0.571. The number of nitrogens with zero attached hydrogens (tertiary/aromatic N) is 1. The van der Waals surface area contributed by atoms with Gasteiger partial charge in [-0.1, -0.05) is 13.3 Å². The van der Waals surface area contributed by atoms with Crippen LogP contribution in [0.25, 0.3) is 0 Å². The third-order valence-corrected chi connectivity index (χ3v) is 1.69. The molecule has 0 atom stereocenters. The molecule has 1 rings (SSSR count). The maximum atomic E-state index is 11.3. The molecule has 0 aliphatic heterocycles. The van der Waals surface area contributed by atoms with Crippen molar-refractivity contribution in [3.63, 3.8) is 0 Å². The summed E-state index contributed by atoms with van der Waals surface area (Å²) in [4.78, 5) is 20.1. The molecule has 1 amide bonds. The summed E-state index contributed by atoms with van der Waals surface area (Å²) in [5.41, 5.74) is 2.86. The van der Waals surface area contributed by atoms with Crippen molar-refractivity contribution in [3.05, 3.63) is 30.1 Å². The fourth-order valence-electron chi connectivity index (χ4n) is 0.889. The Morgan fingerprint density at radius 2 is 2.50 bits per heavy atom. The molecule has 0 aromatic carbocycles. The number of amides is 1. The normalized spacial score (nSPS) is 9.79. The van der Waals surface area contributed by atoms with Gasteiger partial charge in [-0.15, -0.1) is 0 Å². The summed E-state index contributed by atoms with van der Waals surface area (Å²) < 4.78 is 0. The fraction of sp³-hybridized carbons (Fsp3) is 0.400. The second kappa shape index (κ2) is 6.10. The molecule has 0 unspecified atom stereocenters. The Hall–Kier alpha value is -1.42. The number of nitrogens with one attached hydrogen (secondary N) is 1. The van der Waals surface area contributed by atoms with Gasteiger partial charge in [-0.3, -0.25) is 14.6 Å². The maximum absolute atomic E-state index is 11.3. The summed E-state index contributed by atoms with van der Waals surface area (Å²) in [6, 6.07) is 3.40. The van der Waals surface area contributed by atoms with E-state index in [9.17, 15) is 4.79 Å². The highest BCUT2D eigenvalue weighted by Gasteiger charge is 2.03. The van der Waals surface area contributed by atoms with Gasteiger partial charge in [-0.2, -0.15) is 0 Å². The van der Waals surface area contributed by atoms with Crippen LogP contribution < -0.4 is 5.48 Å². The van der Waals surface area contributed by atoms with Gasteiger partial charge in [0.25, 0.3) is 5.91 Å². The molecule has 0 saturated carbocycles. The number of carbonyl (C=O) groups is 1. The lowest BCUT2D eigenvalue weighted by atomic mass is 10.3. The molecule has 1 N–H and O–H groups in total. The Morgan fingerprint density at radius 3 is 3.14 bits per heavy atom. The summed E-state index contributed by atoms with van der Waals surface area (Å²) in [6.45, 7) is 2.61. The van der Waals surface area contributed by atoms with Crippen molar-refractivity contribution in [3.8, 4) is 0 Å². The van der Waals surface area contributed by atoms with Crippen molar-refractivity contribution in [1.29, 1.82) is 0 Å². The first-order valence-corrected chi connectivity index (χ1v) is 4.66. The fourth-order valence-corrected chi connectivity index (χ4v) is 0.889. The molecule has 4 nitrogen and oxygen atoms in total. The van der Waals surface area contributed by atoms with Crippen LogP contribution in [-0.2, 0) is 4.84 Å². The highest BCUT2D eigenvalue weighted by molar-refractivity contribution is 5.92. The van der Waals surface area contributed by atoms with Crippen LogP contribution in [0.2, 0.25) is 0 Å². The lowest BCUT2D eigenvalue weighted by molar-refractivity contribution is 0.0301. The van der Waals surface area contributed by atoms with Crippen molar-refractivity contribution in [1.82, 2.24) is 10.5 Å². The zero-order valence-corrected chi connectivity index (χ0v) is 8.19. The van der Waals surface area contributed by atoms with Crippen molar-refractivity contribution in [2.75, 3.05) is 6.61 Å². The number of aromatic nitrogens is 1. The van der Waals surface area contributed by atoms with Crippen molar-refractivity contribution >= 4 is 5.91 Å². The average molecular weight is 194 g/mol. The Kier molecular flexibility index (Phi) is 4.64. The third-order valence-electron chi connectivity index (χ3n) is 1.69. The largest absolute Gasteiger partial charge is 0.276 e. The average Bonchev–Trinajstić information content (AvgIpc) is 2.25. The predicted molar refractivity (Wildman–Crippen MR) is 52.6 cm³/mol. The van der Waals surface area contributed by atoms with Crippen LogP contribution in [0, 0.1) is 0 Å². The van der Waals surface area contributed by atoms with Gasteiger partial charge in [0.2, 0.25) is 0 Å². The molecule has 0 spiro atoms. The second-order valence-corrected chi connectivity index (χ2v) is 2.87. The van der Waals surface area contributed by atoms with E-state index in [2.05, 4.69) is 17.4 Å². The van der Waals surface area contributed by atoms with Gasteiger partial charge in [0, 0.05) is 12.4 Å². The number of hydroxylamine groups is 1. The van der Waals surface area contributed by atoms with E-state index in [0.717, 1.165) is 12.8 Å². The van der Waals surface area contributed by atoms with E-state index in [1.54, 1.807) is 18.3 Å². The topological polar surface area (TPSA) is 51.2 Å². The first-order valence-electron chi connectivity index (χ1n) is 4.66. The van der Waals surface area contributed by atoms with Gasteiger partial charge >= 0.3 is 0 Å². The highest BCUT2D eigenvalue weighted by Crippen LogP contribution is 1.95. The second-order valence-electron chi connectivity index (χ2n) is 2.87. The third kappa shape index (κ3) is 3.53. The zero-order chi connectivity index (χ0) is 10.2. The number of hydrogen-bond donors (Lipinski definition) is 1. The number of unbranched alkanes of at least 4 members (excludes halogenated alkanes) is 1. The smallest absolute Gasteiger partial charge is 0.273 e. The minimum atomic E-state index is -0.255. The SMILES string of the molecule is CCCCONC(=O)c1cccnc1. The van der Waals surface area contributed by atoms with Gasteiger partial charge in [0.1, 0.15) is 0 Å². The van der Waals surface area contributed by atoms with E-state index in [1.165, 1.54) is 6.20 Å². The Bertz CT molecular complexity index is 275. The van der Waals surface area contributed by atoms with Crippen molar-refractivity contribution < 1.29 is 9.63 Å². The van der Waals surface area contributed by atoms with Crippen LogP contribution in [-0.4, -0.2) is 17.5 Å². The molecule has 0 aliphatic rings. The maximum Gasteiger partial charge on any atom is 0.276 e. The van der Waals surface area contributed by atoms with E-state index in [-0.39, 0.29) is 5.91 Å². The monoisotopic (exact) mass is 194 g/mol. The molecule has 76 valence electrons. The van der Waals surface area contributed by atoms with Crippen LogP contribution in [0.5, 0.6) is 0 Å². The van der Waals surface area contributed by atoms with Gasteiger partial charge in [0.05, 0.1) is 12.2 Å². The number of pyridine rings is 1. The van der Waals surface area contributed by atoms with E-state index in [4.69, 9.17) is 4.84 Å². The van der Waals surface area contributed by atoms with Gasteiger partial charge in [-0.05, 0) is 18.6 Å². The summed E-state index contributed by atoms with van der Waals surface area (Å²) >= 11 is 0. The van der Waals surface area contributed by atoms with E-state index < -0.39 is 0 Å². The van der Waals surface area contributed by atoms with E-state index >= 15 is 0 Å². The molecule has 0 radical (unpaired) electrons. The Morgan fingerprint density at radius 1 is 1.64 bits per heavy atom. The first kappa shape index (κ1) is 10.7. The summed E-state index contributed by atoms with van der Waals surface area (Å²) in [7, 11) is 0. The van der Waals surface area contributed by atoms with Crippen molar-refractivity contribution in [2.24, 2.45) is 0 Å². The van der Waals surface area contributed by atoms with Crippen LogP contribution in [0.1, 0.15) is 30.1 Å². The zero-order valence-electron chi connectivity index (χ0n) is 8.19. The van der Waals surface area contributed by atoms with Crippen LogP contribution in [0.3, 0.4) is 0 Å². The Balaban J connectivity index is 2.29. The molecule has 1 aromatic heterocycles. The minimum absolute atomic E-state index is 0.255. The van der Waals surface area contributed by atoms with Crippen LogP contribution in [0.4, 0.5) is 0 Å². The molecule has 1 aromatic rings. The molecule has 4 heteroatoms. The molecular formula is C10H14N2O2. The molecule has 0 fully saturated rings. The van der Waals surface area contributed by atoms with Crippen molar-refractivity contribution in [2.45, 2.75) is 19.8 Å². The van der Waals surface area contributed by atoms with E-state index in [1.807, 2.05) is 0 Å². The first-order chi connectivity index (χ1) is 6.84. The van der Waals surface area contributed by atoms with E-state index in [0.29, 0.717) is 12.2 Å². The molecule has 0 bridgehead atoms. The summed E-state index contributed by atoms with van der Waals surface area (Å²) in [5.74, 6) is -0.255. The molecule has 14 heavy (non-hydrogen) atoms. The van der Waals surface area contributed by atoms with Gasteiger partial charge < -0.3 is 0 Å². The van der Waals surface area contributed by atoms with Crippen LogP contribution >= 0.6 is 0 Å². The van der Waals surface area contributed by atoms with Gasteiger partial charge in [0.15, 0.2) is 0 Å². The Labute approximate surface area is 83.3 Å². The van der Waals surface area contributed by atoms with Crippen LogP contribution in [0.15, 0.2) is 24.5 Å². The van der Waals surface area contributed by atoms with Gasteiger partial charge in [-0.25, -0.2) is 5.48 Å². The molecule has 0 saturated heterocycles. The minimum Gasteiger partial charge on any atom is -0.273 e. The lowest BCUT2D eigenvalue weighted by Gasteiger charge is -2.04. The number of carbonyl (C=O) groups excluding carboxylic acids is 1. The summed E-state index contributed by atoms with van der Waals surface area (Å²) in [5, 5.41) is 0.